The van der Waals surface area contributed by atoms with Gasteiger partial charge in [0, 0.05) is 11.8 Å². The van der Waals surface area contributed by atoms with Crippen LogP contribution in [0.25, 0.3) is 0 Å². The molecule has 1 atom stereocenters. The minimum atomic E-state index is -1.39. The van der Waals surface area contributed by atoms with Crippen LogP contribution in [0.4, 0.5) is 5.69 Å². The summed E-state index contributed by atoms with van der Waals surface area (Å²) in [6.07, 6.45) is 12.1. The van der Waals surface area contributed by atoms with Crippen molar-refractivity contribution in [3.63, 3.8) is 0 Å². The summed E-state index contributed by atoms with van der Waals surface area (Å²) in [5.41, 5.74) is 5.77. The zero-order valence-corrected chi connectivity index (χ0v) is 17.6. The van der Waals surface area contributed by atoms with Crippen LogP contribution in [0.3, 0.4) is 0 Å². The van der Waals surface area contributed by atoms with Gasteiger partial charge in [0.15, 0.2) is 0 Å². The van der Waals surface area contributed by atoms with Gasteiger partial charge in [-0.25, -0.2) is 9.79 Å². The van der Waals surface area contributed by atoms with Gasteiger partial charge in [-0.05, 0) is 86.5 Å². The van der Waals surface area contributed by atoms with Crippen molar-refractivity contribution >= 4 is 17.7 Å². The maximum Gasteiger partial charge on any atom is 0.359 e. The van der Waals surface area contributed by atoms with Crippen LogP contribution in [-0.4, -0.2) is 29.8 Å². The number of carbonyl (C=O) groups is 1. The van der Waals surface area contributed by atoms with E-state index in [0.29, 0.717) is 11.7 Å². The molecule has 2 aromatic rings. The molecule has 162 valence electrons. The SMILES string of the molecule is O=C(OC1CCCC1)C1(c2ccon2)CN=C(Nc2c3c(cc4c2CCC4)CCC3)O1. The van der Waals surface area contributed by atoms with Gasteiger partial charge < -0.3 is 19.3 Å². The number of ether oxygens (including phenoxy) is 2. The predicted molar refractivity (Wildman–Crippen MR) is 114 cm³/mol. The number of hydrogen-bond donors (Lipinski definition) is 1. The molecule has 1 aliphatic heterocycles. The third kappa shape index (κ3) is 3.13. The standard InChI is InChI=1S/C24H27N3O4/c28-22(30-17-7-1-2-8-17)24(20-11-12-29-27-20)14-25-23(31-24)26-21-18-9-3-5-15(18)13-16-6-4-10-19(16)21/h11-13,17H,1-10,14H2,(H,25,26). The second-order valence-electron chi connectivity index (χ2n) is 9.11. The fraction of sp³-hybridized carbons (Fsp3) is 0.542. The number of aryl methyl sites for hydroxylation is 2. The zero-order valence-electron chi connectivity index (χ0n) is 17.6. The topological polar surface area (TPSA) is 86.0 Å². The second kappa shape index (κ2) is 7.39. The van der Waals surface area contributed by atoms with E-state index >= 15 is 0 Å². The molecule has 1 N–H and O–H groups in total. The molecule has 7 heteroatoms. The van der Waals surface area contributed by atoms with E-state index in [-0.39, 0.29) is 12.6 Å². The summed E-state index contributed by atoms with van der Waals surface area (Å²) in [6, 6.07) is 4.42. The summed E-state index contributed by atoms with van der Waals surface area (Å²) in [5, 5.41) is 7.49. The number of benzene rings is 1. The first kappa shape index (κ1) is 18.9. The molecule has 2 heterocycles. The van der Waals surface area contributed by atoms with Gasteiger partial charge in [0.1, 0.15) is 24.6 Å². The number of nitrogens with one attached hydrogen (secondary N) is 1. The molecule has 0 bridgehead atoms. The van der Waals surface area contributed by atoms with E-state index in [1.165, 1.54) is 41.4 Å². The summed E-state index contributed by atoms with van der Waals surface area (Å²) >= 11 is 0. The van der Waals surface area contributed by atoms with Gasteiger partial charge >= 0.3 is 5.97 Å². The normalized spacial score (nSPS) is 24.6. The third-order valence-electron chi connectivity index (χ3n) is 7.18. The number of carbonyl (C=O) groups excluding carboxylic acids is 1. The van der Waals surface area contributed by atoms with E-state index in [0.717, 1.165) is 57.1 Å². The highest BCUT2D eigenvalue weighted by atomic mass is 16.6. The number of aliphatic imine (C=N–C) groups is 1. The largest absolute Gasteiger partial charge is 0.459 e. The number of amidine groups is 1. The van der Waals surface area contributed by atoms with Crippen LogP contribution in [0.5, 0.6) is 0 Å². The second-order valence-corrected chi connectivity index (χ2v) is 9.11. The van der Waals surface area contributed by atoms with Gasteiger partial charge in [-0.1, -0.05) is 11.2 Å². The third-order valence-corrected chi connectivity index (χ3v) is 7.18. The average molecular weight is 421 g/mol. The highest BCUT2D eigenvalue weighted by molar-refractivity contribution is 5.96. The Labute approximate surface area is 181 Å². The fourth-order valence-corrected chi connectivity index (χ4v) is 5.57. The van der Waals surface area contributed by atoms with E-state index in [1.807, 2.05) is 0 Å². The lowest BCUT2D eigenvalue weighted by Crippen LogP contribution is -2.43. The van der Waals surface area contributed by atoms with Crippen LogP contribution >= 0.6 is 0 Å². The number of hydrogen-bond acceptors (Lipinski definition) is 7. The summed E-state index contributed by atoms with van der Waals surface area (Å²) in [6.45, 7) is 0.130. The highest BCUT2D eigenvalue weighted by Gasteiger charge is 2.52. The molecule has 4 aliphatic rings. The lowest BCUT2D eigenvalue weighted by atomic mass is 9.99. The monoisotopic (exact) mass is 421 g/mol. The maximum absolute atomic E-state index is 13.3. The first-order valence-corrected chi connectivity index (χ1v) is 11.5. The first-order valence-electron chi connectivity index (χ1n) is 11.5. The Morgan fingerprint density at radius 3 is 2.48 bits per heavy atom. The molecule has 0 saturated heterocycles. The summed E-state index contributed by atoms with van der Waals surface area (Å²) in [4.78, 5) is 17.9. The van der Waals surface area contributed by atoms with Crippen LogP contribution in [0.2, 0.25) is 0 Å². The fourth-order valence-electron chi connectivity index (χ4n) is 5.57. The Morgan fingerprint density at radius 2 is 1.81 bits per heavy atom. The molecule has 1 fully saturated rings. The first-order chi connectivity index (χ1) is 15.2. The molecule has 0 spiro atoms. The van der Waals surface area contributed by atoms with Crippen molar-refractivity contribution in [2.24, 2.45) is 4.99 Å². The molecule has 0 amide bonds. The molecule has 6 rings (SSSR count). The van der Waals surface area contributed by atoms with Crippen molar-refractivity contribution in [1.82, 2.24) is 5.16 Å². The lowest BCUT2D eigenvalue weighted by molar-refractivity contribution is -0.168. The Balaban J connectivity index is 1.29. The van der Waals surface area contributed by atoms with Crippen molar-refractivity contribution < 1.29 is 18.8 Å². The van der Waals surface area contributed by atoms with Gasteiger partial charge in [-0.15, -0.1) is 0 Å². The number of esters is 1. The number of nitrogens with zero attached hydrogens (tertiary/aromatic N) is 2. The Kier molecular flexibility index (Phi) is 4.51. The number of anilines is 1. The zero-order chi connectivity index (χ0) is 20.8. The van der Waals surface area contributed by atoms with Crippen molar-refractivity contribution in [3.8, 4) is 0 Å². The van der Waals surface area contributed by atoms with E-state index in [2.05, 4.69) is 21.5 Å². The molecule has 1 unspecified atom stereocenters. The van der Waals surface area contributed by atoms with Gasteiger partial charge in [-0.3, -0.25) is 0 Å². The summed E-state index contributed by atoms with van der Waals surface area (Å²) in [7, 11) is 0. The maximum atomic E-state index is 13.3. The van der Waals surface area contributed by atoms with Crippen LogP contribution in [0.1, 0.15) is 66.5 Å². The van der Waals surface area contributed by atoms with Crippen molar-refractivity contribution in [3.05, 3.63) is 46.3 Å². The minimum Gasteiger partial charge on any atom is -0.459 e. The summed E-state index contributed by atoms with van der Waals surface area (Å²) < 4.78 is 17.1. The minimum absolute atomic E-state index is 0.0578. The van der Waals surface area contributed by atoms with Crippen LogP contribution < -0.4 is 5.32 Å². The molecule has 0 radical (unpaired) electrons. The lowest BCUT2D eigenvalue weighted by Gasteiger charge is -2.26. The van der Waals surface area contributed by atoms with Crippen molar-refractivity contribution in [2.75, 3.05) is 11.9 Å². The number of fused-ring (bicyclic) bond motifs is 2. The molecule has 7 nitrogen and oxygen atoms in total. The molecule has 3 aliphatic carbocycles. The molecular weight excluding hydrogens is 394 g/mol. The van der Waals surface area contributed by atoms with Crippen molar-refractivity contribution in [1.29, 1.82) is 0 Å². The smallest absolute Gasteiger partial charge is 0.359 e. The Morgan fingerprint density at radius 1 is 1.06 bits per heavy atom. The van der Waals surface area contributed by atoms with Gasteiger partial charge in [0.25, 0.3) is 11.6 Å². The van der Waals surface area contributed by atoms with E-state index in [9.17, 15) is 4.79 Å². The average Bonchev–Trinajstić information content (AvgIpc) is 3.59. The van der Waals surface area contributed by atoms with Gasteiger partial charge in [0.2, 0.25) is 0 Å². The number of rotatable bonds is 4. The van der Waals surface area contributed by atoms with Crippen LogP contribution in [0, 0.1) is 0 Å². The van der Waals surface area contributed by atoms with E-state index in [1.54, 1.807) is 6.07 Å². The summed E-state index contributed by atoms with van der Waals surface area (Å²) in [5.74, 6) is -0.433. The van der Waals surface area contributed by atoms with E-state index in [4.69, 9.17) is 14.0 Å². The Hall–Kier alpha value is -2.83. The van der Waals surface area contributed by atoms with Crippen LogP contribution in [-0.2, 0) is 45.6 Å². The number of aromatic nitrogens is 1. The Bertz CT molecular complexity index is 1010. The van der Waals surface area contributed by atoms with Crippen LogP contribution in [0.15, 0.2) is 27.9 Å². The molecule has 1 aromatic heterocycles. The van der Waals surface area contributed by atoms with Gasteiger partial charge in [-0.2, -0.15) is 0 Å². The quantitative estimate of drug-likeness (QED) is 0.755. The molecule has 31 heavy (non-hydrogen) atoms. The molecule has 1 aromatic carbocycles. The molecule has 1 saturated carbocycles. The molecular formula is C24H27N3O4. The van der Waals surface area contributed by atoms with Crippen molar-refractivity contribution in [2.45, 2.75) is 75.9 Å². The highest BCUT2D eigenvalue weighted by Crippen LogP contribution is 2.40. The van der Waals surface area contributed by atoms with Gasteiger partial charge in [0.05, 0.1) is 0 Å². The predicted octanol–water partition coefficient (Wildman–Crippen LogP) is 3.83. The van der Waals surface area contributed by atoms with E-state index < -0.39 is 11.6 Å².